The summed E-state index contributed by atoms with van der Waals surface area (Å²) < 4.78 is 43.1. The number of benzene rings is 1. The van der Waals surface area contributed by atoms with Gasteiger partial charge in [0.1, 0.15) is 5.75 Å². The Bertz CT molecular complexity index is 396. The van der Waals surface area contributed by atoms with Crippen LogP contribution in [0.5, 0.6) is 5.75 Å². The highest BCUT2D eigenvalue weighted by atomic mass is 19.4. The minimum Gasteiger partial charge on any atom is -0.494 e. The molecule has 0 amide bonds. The Labute approximate surface area is 98.9 Å². The maximum atomic E-state index is 12.7. The van der Waals surface area contributed by atoms with E-state index in [1.54, 1.807) is 19.9 Å². The third-order valence-corrected chi connectivity index (χ3v) is 2.31. The first-order valence-corrected chi connectivity index (χ1v) is 5.20. The Kier molecular flexibility index (Phi) is 4.21. The zero-order valence-electron chi connectivity index (χ0n) is 9.77. The van der Waals surface area contributed by atoms with Crippen molar-refractivity contribution in [3.63, 3.8) is 0 Å². The van der Waals surface area contributed by atoms with Gasteiger partial charge < -0.3 is 4.74 Å². The van der Waals surface area contributed by atoms with Crippen molar-refractivity contribution in [3.05, 3.63) is 47.9 Å². The lowest BCUT2D eigenvalue weighted by Gasteiger charge is -2.14. The Morgan fingerprint density at radius 2 is 2.00 bits per heavy atom. The second kappa shape index (κ2) is 5.25. The maximum absolute atomic E-state index is 12.7. The van der Waals surface area contributed by atoms with Crippen molar-refractivity contribution in [3.8, 4) is 5.75 Å². The molecule has 0 aromatic heterocycles. The normalized spacial score (nSPS) is 11.6. The molecule has 0 fully saturated rings. The van der Waals surface area contributed by atoms with Crippen LogP contribution in [0.3, 0.4) is 0 Å². The van der Waals surface area contributed by atoms with Crippen molar-refractivity contribution in [2.75, 3.05) is 6.61 Å². The largest absolute Gasteiger partial charge is 0.494 e. The van der Waals surface area contributed by atoms with Crippen LogP contribution in [0.1, 0.15) is 25.0 Å². The smallest absolute Gasteiger partial charge is 0.416 e. The third kappa shape index (κ3) is 3.51. The summed E-state index contributed by atoms with van der Waals surface area (Å²) in [6, 6.07) is 3.68. The molecular formula is C13H14F3O. The van der Waals surface area contributed by atoms with E-state index < -0.39 is 11.7 Å². The molecule has 0 bridgehead atoms. The van der Waals surface area contributed by atoms with E-state index in [0.29, 0.717) is 18.1 Å². The van der Waals surface area contributed by atoms with Gasteiger partial charge in [-0.15, -0.1) is 6.58 Å². The average molecular weight is 243 g/mol. The second-order valence-electron chi connectivity index (χ2n) is 3.56. The SMILES string of the molecule is C=C[C](C)c1cc(OCC)cc(C(F)(F)F)c1. The summed E-state index contributed by atoms with van der Waals surface area (Å²) in [6.07, 6.45) is -2.85. The Morgan fingerprint density at radius 1 is 1.35 bits per heavy atom. The fraction of sp³-hybridized carbons (Fsp3) is 0.308. The molecule has 0 unspecified atom stereocenters. The molecule has 0 N–H and O–H groups in total. The van der Waals surface area contributed by atoms with E-state index in [4.69, 9.17) is 4.74 Å². The van der Waals surface area contributed by atoms with E-state index in [0.717, 1.165) is 12.1 Å². The van der Waals surface area contributed by atoms with E-state index in [-0.39, 0.29) is 5.75 Å². The summed E-state index contributed by atoms with van der Waals surface area (Å²) in [5, 5.41) is 0. The van der Waals surface area contributed by atoms with Gasteiger partial charge in [0.2, 0.25) is 0 Å². The fourth-order valence-electron chi connectivity index (χ4n) is 1.36. The molecule has 0 heterocycles. The van der Waals surface area contributed by atoms with Gasteiger partial charge in [0.05, 0.1) is 12.2 Å². The topological polar surface area (TPSA) is 9.23 Å². The van der Waals surface area contributed by atoms with Gasteiger partial charge in [0.15, 0.2) is 0 Å². The summed E-state index contributed by atoms with van der Waals surface area (Å²) in [5.74, 6) is 0.899. The maximum Gasteiger partial charge on any atom is 0.416 e. The Hall–Kier alpha value is -1.45. The van der Waals surface area contributed by atoms with E-state index in [1.807, 2.05) is 0 Å². The predicted octanol–water partition coefficient (Wildman–Crippen LogP) is 4.23. The minimum absolute atomic E-state index is 0.221. The number of hydrogen-bond donors (Lipinski definition) is 0. The Morgan fingerprint density at radius 3 is 2.47 bits per heavy atom. The third-order valence-electron chi connectivity index (χ3n) is 2.31. The van der Waals surface area contributed by atoms with Crippen LogP contribution in [0.4, 0.5) is 13.2 Å². The molecule has 1 radical (unpaired) electrons. The highest BCUT2D eigenvalue weighted by molar-refractivity contribution is 5.44. The molecule has 1 aromatic carbocycles. The standard InChI is InChI=1S/C13H14F3O/c1-4-9(3)10-6-11(13(14,15)16)8-12(7-10)17-5-2/h4,6-8H,1,5H2,2-3H3. The number of rotatable bonds is 4. The lowest BCUT2D eigenvalue weighted by atomic mass is 9.98. The quantitative estimate of drug-likeness (QED) is 0.768. The van der Waals surface area contributed by atoms with Crippen molar-refractivity contribution in [1.29, 1.82) is 0 Å². The van der Waals surface area contributed by atoms with Gasteiger partial charge in [-0.2, -0.15) is 13.2 Å². The lowest BCUT2D eigenvalue weighted by Crippen LogP contribution is -2.07. The molecule has 0 spiro atoms. The molecule has 0 aliphatic carbocycles. The monoisotopic (exact) mass is 243 g/mol. The van der Waals surface area contributed by atoms with E-state index in [2.05, 4.69) is 6.58 Å². The van der Waals surface area contributed by atoms with Gasteiger partial charge in [0, 0.05) is 5.92 Å². The van der Waals surface area contributed by atoms with Crippen LogP contribution in [0.2, 0.25) is 0 Å². The number of ether oxygens (including phenoxy) is 1. The van der Waals surface area contributed by atoms with Crippen LogP contribution in [-0.4, -0.2) is 6.61 Å². The number of alkyl halides is 3. The van der Waals surface area contributed by atoms with E-state index >= 15 is 0 Å². The number of allylic oxidation sites excluding steroid dienone is 1. The molecule has 1 nitrogen and oxygen atoms in total. The summed E-state index contributed by atoms with van der Waals surface area (Å²) in [4.78, 5) is 0. The number of hydrogen-bond acceptors (Lipinski definition) is 1. The van der Waals surface area contributed by atoms with Gasteiger partial charge in [-0.3, -0.25) is 0 Å². The summed E-state index contributed by atoms with van der Waals surface area (Å²) in [7, 11) is 0. The van der Waals surface area contributed by atoms with Crippen molar-refractivity contribution in [1.82, 2.24) is 0 Å². The molecule has 93 valence electrons. The minimum atomic E-state index is -4.37. The molecule has 1 aromatic rings. The van der Waals surface area contributed by atoms with Gasteiger partial charge in [-0.05, 0) is 30.7 Å². The molecule has 4 heteroatoms. The predicted molar refractivity (Wildman–Crippen MR) is 60.8 cm³/mol. The molecular weight excluding hydrogens is 229 g/mol. The van der Waals surface area contributed by atoms with Crippen LogP contribution in [0.25, 0.3) is 0 Å². The van der Waals surface area contributed by atoms with E-state index in [9.17, 15) is 13.2 Å². The lowest BCUT2D eigenvalue weighted by molar-refractivity contribution is -0.137. The molecule has 0 atom stereocenters. The summed E-state index contributed by atoms with van der Waals surface area (Å²) >= 11 is 0. The van der Waals surface area contributed by atoms with Gasteiger partial charge >= 0.3 is 6.18 Å². The second-order valence-corrected chi connectivity index (χ2v) is 3.56. The van der Waals surface area contributed by atoms with Crippen molar-refractivity contribution in [2.24, 2.45) is 0 Å². The molecule has 1 rings (SSSR count). The van der Waals surface area contributed by atoms with Gasteiger partial charge in [-0.1, -0.05) is 13.0 Å². The first-order valence-electron chi connectivity index (χ1n) is 5.20. The molecule has 0 saturated carbocycles. The molecule has 0 aliphatic heterocycles. The number of halogens is 3. The first kappa shape index (κ1) is 13.6. The van der Waals surface area contributed by atoms with Gasteiger partial charge in [-0.25, -0.2) is 0 Å². The van der Waals surface area contributed by atoms with Crippen LogP contribution < -0.4 is 4.74 Å². The molecule has 17 heavy (non-hydrogen) atoms. The van der Waals surface area contributed by atoms with Crippen molar-refractivity contribution < 1.29 is 17.9 Å². The zero-order chi connectivity index (χ0) is 13.1. The van der Waals surface area contributed by atoms with Crippen molar-refractivity contribution >= 4 is 0 Å². The highest BCUT2D eigenvalue weighted by Crippen LogP contribution is 2.34. The first-order chi connectivity index (χ1) is 7.88. The highest BCUT2D eigenvalue weighted by Gasteiger charge is 2.31. The zero-order valence-corrected chi connectivity index (χ0v) is 9.77. The van der Waals surface area contributed by atoms with Gasteiger partial charge in [0.25, 0.3) is 0 Å². The molecule has 0 saturated heterocycles. The van der Waals surface area contributed by atoms with Crippen LogP contribution in [0.15, 0.2) is 30.9 Å². The van der Waals surface area contributed by atoms with Crippen LogP contribution in [-0.2, 0) is 6.18 Å². The Balaban J connectivity index is 3.23. The van der Waals surface area contributed by atoms with Crippen LogP contribution in [0, 0.1) is 5.92 Å². The molecule has 0 aliphatic rings. The van der Waals surface area contributed by atoms with Crippen LogP contribution >= 0.6 is 0 Å². The summed E-state index contributed by atoms with van der Waals surface area (Å²) in [5.41, 5.74) is -0.238. The average Bonchev–Trinajstić information content (AvgIpc) is 2.27. The summed E-state index contributed by atoms with van der Waals surface area (Å²) in [6.45, 7) is 7.31. The van der Waals surface area contributed by atoms with E-state index in [1.165, 1.54) is 6.08 Å². The van der Waals surface area contributed by atoms with Crippen molar-refractivity contribution in [2.45, 2.75) is 20.0 Å². The fourth-order valence-corrected chi connectivity index (χ4v) is 1.36.